The third-order valence-corrected chi connectivity index (χ3v) is 4.03. The molecule has 0 aliphatic carbocycles. The first-order valence-electron chi connectivity index (χ1n) is 4.70. The average Bonchev–Trinajstić information content (AvgIpc) is 2.76. The van der Waals surface area contributed by atoms with Crippen molar-refractivity contribution in [2.24, 2.45) is 0 Å². The summed E-state index contributed by atoms with van der Waals surface area (Å²) in [6, 6.07) is 7.14. The molecule has 0 aliphatic heterocycles. The van der Waals surface area contributed by atoms with Crippen molar-refractivity contribution in [2.75, 3.05) is 12.4 Å². The Bertz CT molecular complexity index is 455. The van der Waals surface area contributed by atoms with Crippen LogP contribution in [0.2, 0.25) is 0 Å². The van der Waals surface area contributed by atoms with Gasteiger partial charge < -0.3 is 10.4 Å². The van der Waals surface area contributed by atoms with Crippen LogP contribution in [-0.2, 0) is 5.75 Å². The van der Waals surface area contributed by atoms with Crippen LogP contribution in [0.4, 0.5) is 5.13 Å². The Labute approximate surface area is 102 Å². The standard InChI is InChI=1S/C10H11N3OS2/c1-11-10-13-12-9(16-10)6-15-8-4-2-7(14)3-5-8/h2-5,14H,6H2,1H3,(H,11,13). The third-order valence-electron chi connectivity index (χ3n) is 1.88. The number of nitrogens with one attached hydrogen (secondary N) is 1. The fourth-order valence-corrected chi connectivity index (χ4v) is 2.68. The van der Waals surface area contributed by atoms with Crippen molar-refractivity contribution in [2.45, 2.75) is 10.6 Å². The van der Waals surface area contributed by atoms with Crippen LogP contribution in [0.3, 0.4) is 0 Å². The largest absolute Gasteiger partial charge is 0.508 e. The summed E-state index contributed by atoms with van der Waals surface area (Å²) in [6.45, 7) is 0. The predicted octanol–water partition coefficient (Wildman–Crippen LogP) is 2.58. The van der Waals surface area contributed by atoms with Gasteiger partial charge in [0.1, 0.15) is 10.8 Å². The van der Waals surface area contributed by atoms with E-state index in [4.69, 9.17) is 5.11 Å². The van der Waals surface area contributed by atoms with Crippen molar-refractivity contribution >= 4 is 28.2 Å². The van der Waals surface area contributed by atoms with E-state index in [0.717, 1.165) is 20.8 Å². The summed E-state index contributed by atoms with van der Waals surface area (Å²) in [5.41, 5.74) is 0. The van der Waals surface area contributed by atoms with Crippen molar-refractivity contribution in [1.29, 1.82) is 0 Å². The summed E-state index contributed by atoms with van der Waals surface area (Å²) < 4.78 is 0. The molecule has 0 atom stereocenters. The van der Waals surface area contributed by atoms with Gasteiger partial charge in [-0.3, -0.25) is 0 Å². The molecule has 0 saturated heterocycles. The van der Waals surface area contributed by atoms with E-state index in [2.05, 4.69) is 15.5 Å². The monoisotopic (exact) mass is 253 g/mol. The first kappa shape index (κ1) is 11.2. The Morgan fingerprint density at radius 1 is 1.31 bits per heavy atom. The number of nitrogens with zero attached hydrogens (tertiary/aromatic N) is 2. The van der Waals surface area contributed by atoms with Crippen LogP contribution >= 0.6 is 23.1 Å². The highest BCUT2D eigenvalue weighted by Gasteiger charge is 2.03. The minimum absolute atomic E-state index is 0.290. The van der Waals surface area contributed by atoms with Crippen LogP contribution in [-0.4, -0.2) is 22.4 Å². The summed E-state index contributed by atoms with van der Waals surface area (Å²) >= 11 is 3.23. The lowest BCUT2D eigenvalue weighted by molar-refractivity contribution is 0.475. The molecule has 0 aliphatic rings. The van der Waals surface area contributed by atoms with E-state index in [9.17, 15) is 0 Å². The molecule has 0 saturated carbocycles. The summed E-state index contributed by atoms with van der Waals surface area (Å²) in [5.74, 6) is 1.09. The molecule has 6 heteroatoms. The molecule has 2 rings (SSSR count). The maximum atomic E-state index is 9.14. The van der Waals surface area contributed by atoms with Crippen LogP contribution in [0.15, 0.2) is 29.2 Å². The molecule has 1 aromatic heterocycles. The maximum absolute atomic E-state index is 9.14. The molecule has 16 heavy (non-hydrogen) atoms. The van der Waals surface area contributed by atoms with Gasteiger partial charge in [0.2, 0.25) is 5.13 Å². The molecule has 2 aromatic rings. The number of aromatic hydroxyl groups is 1. The van der Waals surface area contributed by atoms with Gasteiger partial charge in [-0.25, -0.2) is 0 Å². The second kappa shape index (κ2) is 5.18. The first-order chi connectivity index (χ1) is 7.78. The zero-order valence-corrected chi connectivity index (χ0v) is 10.3. The topological polar surface area (TPSA) is 58.0 Å². The molecule has 0 spiro atoms. The number of hydrogen-bond acceptors (Lipinski definition) is 6. The van der Waals surface area contributed by atoms with Gasteiger partial charge in [-0.2, -0.15) is 0 Å². The number of phenols is 1. The number of hydrogen-bond donors (Lipinski definition) is 2. The number of benzene rings is 1. The van der Waals surface area contributed by atoms with E-state index < -0.39 is 0 Å². The van der Waals surface area contributed by atoms with E-state index >= 15 is 0 Å². The van der Waals surface area contributed by atoms with Gasteiger partial charge in [-0.05, 0) is 24.3 Å². The summed E-state index contributed by atoms with van der Waals surface area (Å²) in [5, 5.41) is 21.9. The molecule has 1 aromatic carbocycles. The average molecular weight is 253 g/mol. The van der Waals surface area contributed by atoms with Crippen LogP contribution in [0.25, 0.3) is 0 Å². The summed E-state index contributed by atoms with van der Waals surface area (Å²) in [7, 11) is 1.83. The fourth-order valence-electron chi connectivity index (χ4n) is 1.10. The summed E-state index contributed by atoms with van der Waals surface area (Å²) in [4.78, 5) is 1.11. The third kappa shape index (κ3) is 2.86. The molecule has 2 N–H and O–H groups in total. The Balaban J connectivity index is 1.94. The second-order valence-electron chi connectivity index (χ2n) is 3.03. The van der Waals surface area contributed by atoms with Gasteiger partial charge >= 0.3 is 0 Å². The smallest absolute Gasteiger partial charge is 0.205 e. The van der Waals surface area contributed by atoms with E-state index in [0.29, 0.717) is 0 Å². The fraction of sp³-hybridized carbons (Fsp3) is 0.200. The number of anilines is 1. The van der Waals surface area contributed by atoms with E-state index in [1.165, 1.54) is 0 Å². The van der Waals surface area contributed by atoms with Gasteiger partial charge in [-0.1, -0.05) is 11.3 Å². The molecular formula is C10H11N3OS2. The van der Waals surface area contributed by atoms with Gasteiger partial charge in [0.25, 0.3) is 0 Å². The van der Waals surface area contributed by atoms with Gasteiger partial charge in [0, 0.05) is 11.9 Å². The Kier molecular flexibility index (Phi) is 3.63. The second-order valence-corrected chi connectivity index (χ2v) is 5.14. The van der Waals surface area contributed by atoms with Crippen LogP contribution in [0.1, 0.15) is 5.01 Å². The first-order valence-corrected chi connectivity index (χ1v) is 6.50. The van der Waals surface area contributed by atoms with Crippen molar-refractivity contribution in [1.82, 2.24) is 10.2 Å². The van der Waals surface area contributed by atoms with Crippen LogP contribution in [0, 0.1) is 0 Å². The molecule has 4 nitrogen and oxygen atoms in total. The van der Waals surface area contributed by atoms with E-state index in [1.807, 2.05) is 19.2 Å². The highest BCUT2D eigenvalue weighted by atomic mass is 32.2. The summed E-state index contributed by atoms with van der Waals surface area (Å²) in [6.07, 6.45) is 0. The predicted molar refractivity (Wildman–Crippen MR) is 67.1 cm³/mol. The Morgan fingerprint density at radius 2 is 2.06 bits per heavy atom. The molecule has 0 radical (unpaired) electrons. The highest BCUT2D eigenvalue weighted by molar-refractivity contribution is 7.98. The minimum Gasteiger partial charge on any atom is -0.508 e. The van der Waals surface area contributed by atoms with Crippen LogP contribution < -0.4 is 5.32 Å². The molecule has 1 heterocycles. The zero-order valence-electron chi connectivity index (χ0n) is 8.67. The lowest BCUT2D eigenvalue weighted by Crippen LogP contribution is -1.84. The Hall–Kier alpha value is -1.27. The van der Waals surface area contributed by atoms with Gasteiger partial charge in [0.15, 0.2) is 0 Å². The zero-order chi connectivity index (χ0) is 11.4. The Morgan fingerprint density at radius 3 is 2.69 bits per heavy atom. The lowest BCUT2D eigenvalue weighted by atomic mass is 10.3. The molecule has 0 amide bonds. The SMILES string of the molecule is CNc1nnc(CSc2ccc(O)cc2)s1. The van der Waals surface area contributed by atoms with Crippen molar-refractivity contribution in [3.8, 4) is 5.75 Å². The van der Waals surface area contributed by atoms with Crippen LogP contribution in [0.5, 0.6) is 5.75 Å². The van der Waals surface area contributed by atoms with E-state index in [-0.39, 0.29) is 5.75 Å². The number of rotatable bonds is 4. The molecule has 0 unspecified atom stereocenters. The molecule has 84 valence electrons. The molecule has 0 fully saturated rings. The number of aromatic nitrogens is 2. The molecule has 0 bridgehead atoms. The maximum Gasteiger partial charge on any atom is 0.205 e. The number of thioether (sulfide) groups is 1. The quantitative estimate of drug-likeness (QED) is 0.820. The minimum atomic E-state index is 0.290. The van der Waals surface area contributed by atoms with Crippen molar-refractivity contribution in [3.05, 3.63) is 29.3 Å². The molecular weight excluding hydrogens is 242 g/mol. The lowest BCUT2D eigenvalue weighted by Gasteiger charge is -1.98. The highest BCUT2D eigenvalue weighted by Crippen LogP contribution is 2.26. The number of phenolic OH excluding ortho intramolecular Hbond substituents is 1. The van der Waals surface area contributed by atoms with Gasteiger partial charge in [-0.15, -0.1) is 22.0 Å². The van der Waals surface area contributed by atoms with Gasteiger partial charge in [0.05, 0.1) is 5.75 Å². The normalized spacial score (nSPS) is 10.3. The van der Waals surface area contributed by atoms with Crippen molar-refractivity contribution < 1.29 is 5.11 Å². The van der Waals surface area contributed by atoms with E-state index in [1.54, 1.807) is 35.2 Å². The van der Waals surface area contributed by atoms with Crippen molar-refractivity contribution in [3.63, 3.8) is 0 Å².